The summed E-state index contributed by atoms with van der Waals surface area (Å²) in [5.41, 5.74) is 1.98. The molecule has 6 heteroatoms. The second-order valence-electron chi connectivity index (χ2n) is 11.3. The Morgan fingerprint density at radius 3 is 2.51 bits per heavy atom. The van der Waals surface area contributed by atoms with Gasteiger partial charge in [0.2, 0.25) is 0 Å². The van der Waals surface area contributed by atoms with Crippen LogP contribution >= 0.6 is 11.6 Å². The van der Waals surface area contributed by atoms with Gasteiger partial charge in [0.05, 0.1) is 11.8 Å². The molecule has 5 nitrogen and oxygen atoms in total. The Hall–Kier alpha value is -1.95. The number of benzene rings is 1. The number of likely N-dealkylation sites (tertiary alicyclic amines) is 1. The number of piperidine rings is 1. The number of hydrogen-bond donors (Lipinski definition) is 0. The predicted molar refractivity (Wildman–Crippen MR) is 149 cm³/mol. The number of esters is 1. The van der Waals surface area contributed by atoms with Crippen LogP contribution in [-0.2, 0) is 14.3 Å². The van der Waals surface area contributed by atoms with E-state index in [0.717, 1.165) is 56.6 Å². The quantitative estimate of drug-likeness (QED) is 0.309. The summed E-state index contributed by atoms with van der Waals surface area (Å²) in [6, 6.07) is 13.8. The highest BCUT2D eigenvalue weighted by molar-refractivity contribution is 6.30. The average molecular weight is 527 g/mol. The molecule has 4 atom stereocenters. The Bertz CT molecular complexity index is 960. The molecule has 4 rings (SSSR count). The van der Waals surface area contributed by atoms with Gasteiger partial charge < -0.3 is 14.4 Å². The molecule has 0 amide bonds. The Labute approximate surface area is 227 Å². The van der Waals surface area contributed by atoms with Crippen molar-refractivity contribution in [2.75, 3.05) is 19.6 Å². The van der Waals surface area contributed by atoms with Crippen LogP contribution in [0.3, 0.4) is 0 Å². The number of rotatable bonds is 10. The minimum absolute atomic E-state index is 0.0239. The molecule has 0 N–H and O–H groups in total. The van der Waals surface area contributed by atoms with E-state index in [1.165, 1.54) is 12.8 Å². The molecule has 1 saturated carbocycles. The monoisotopic (exact) mass is 526 g/mol. The van der Waals surface area contributed by atoms with Gasteiger partial charge in [-0.2, -0.15) is 0 Å². The lowest BCUT2D eigenvalue weighted by molar-refractivity contribution is -0.156. The normalized spacial score (nSPS) is 24.2. The zero-order chi connectivity index (χ0) is 26.2. The molecule has 1 aliphatic carbocycles. The molecule has 1 aliphatic heterocycles. The van der Waals surface area contributed by atoms with Gasteiger partial charge in [0.15, 0.2) is 0 Å². The molecule has 0 bridgehead atoms. The fourth-order valence-electron chi connectivity index (χ4n) is 5.87. The average Bonchev–Trinajstić information content (AvgIpc) is 2.89. The van der Waals surface area contributed by atoms with E-state index < -0.39 is 0 Å². The third-order valence-corrected chi connectivity index (χ3v) is 8.34. The van der Waals surface area contributed by atoms with Crippen LogP contribution in [0.5, 0.6) is 0 Å². The fraction of sp³-hybridized carbons (Fsp3) is 0.613. The predicted octanol–water partition coefficient (Wildman–Crippen LogP) is 7.09. The summed E-state index contributed by atoms with van der Waals surface area (Å²) in [6.45, 7) is 9.66. The van der Waals surface area contributed by atoms with Gasteiger partial charge in [-0.1, -0.05) is 57.0 Å². The molecular formula is C31H43ClN2O3. The number of carbonyl (C=O) groups is 1. The summed E-state index contributed by atoms with van der Waals surface area (Å²) in [7, 11) is 0. The van der Waals surface area contributed by atoms with Crippen LogP contribution < -0.4 is 0 Å². The Balaban J connectivity index is 1.21. The van der Waals surface area contributed by atoms with E-state index in [2.05, 4.69) is 30.7 Å². The molecule has 1 unspecified atom stereocenters. The van der Waals surface area contributed by atoms with E-state index in [4.69, 9.17) is 21.1 Å². The summed E-state index contributed by atoms with van der Waals surface area (Å²) in [5.74, 6) is 1.69. The number of aromatic nitrogens is 1. The number of pyridine rings is 1. The number of halogens is 1. The zero-order valence-corrected chi connectivity index (χ0v) is 23.4. The van der Waals surface area contributed by atoms with Crippen LogP contribution in [0.4, 0.5) is 0 Å². The van der Waals surface area contributed by atoms with Crippen molar-refractivity contribution < 1.29 is 14.3 Å². The van der Waals surface area contributed by atoms with Gasteiger partial charge >= 0.3 is 5.97 Å². The molecule has 202 valence electrons. The van der Waals surface area contributed by atoms with Crippen molar-refractivity contribution in [3.05, 3.63) is 64.9 Å². The standard InChI is InChI=1S/C31H43ClN2O3/c1-22(2)27-14-9-23(3)21-29(27)37-30(35)8-6-18-34-19-15-26(16-20-34)36-31(28-7-4-5-17-33-28)24-10-12-25(32)13-11-24/h4-5,7,10-13,17,22-23,26-27,29,31H,6,8-9,14-16,18-21H2,1-3H3/t23-,27+,29-,31?/m0/s1. The lowest BCUT2D eigenvalue weighted by Crippen LogP contribution is -2.38. The van der Waals surface area contributed by atoms with Gasteiger partial charge in [-0.25, -0.2) is 0 Å². The zero-order valence-electron chi connectivity index (χ0n) is 22.7. The van der Waals surface area contributed by atoms with E-state index in [1.54, 1.807) is 0 Å². The summed E-state index contributed by atoms with van der Waals surface area (Å²) in [4.78, 5) is 19.6. The SMILES string of the molecule is CC(C)[C@H]1CC[C@H](C)C[C@@H]1OC(=O)CCCN1CCC(OC(c2ccc(Cl)cc2)c2ccccn2)CC1. The van der Waals surface area contributed by atoms with Crippen molar-refractivity contribution in [1.29, 1.82) is 0 Å². The molecule has 2 aromatic rings. The first-order valence-electron chi connectivity index (χ1n) is 14.1. The second-order valence-corrected chi connectivity index (χ2v) is 11.8. The molecule has 37 heavy (non-hydrogen) atoms. The van der Waals surface area contributed by atoms with Gasteiger partial charge in [-0.05, 0) is 86.2 Å². The van der Waals surface area contributed by atoms with Gasteiger partial charge in [0.1, 0.15) is 12.2 Å². The number of hydrogen-bond acceptors (Lipinski definition) is 5. The van der Waals surface area contributed by atoms with E-state index in [-0.39, 0.29) is 24.3 Å². The molecule has 1 aromatic heterocycles. The molecule has 0 radical (unpaired) electrons. The maximum atomic E-state index is 12.6. The van der Waals surface area contributed by atoms with E-state index in [9.17, 15) is 4.79 Å². The molecule has 0 spiro atoms. The minimum Gasteiger partial charge on any atom is -0.462 e. The molecule has 1 aromatic carbocycles. The number of nitrogens with zero attached hydrogens (tertiary/aromatic N) is 2. The highest BCUT2D eigenvalue weighted by Gasteiger charge is 2.33. The molecular weight excluding hydrogens is 484 g/mol. The van der Waals surface area contributed by atoms with E-state index >= 15 is 0 Å². The van der Waals surface area contributed by atoms with Crippen molar-refractivity contribution >= 4 is 17.6 Å². The molecule has 2 heterocycles. The lowest BCUT2D eigenvalue weighted by Gasteiger charge is -2.36. The Kier molecular flexibility index (Phi) is 10.4. The van der Waals surface area contributed by atoms with Crippen LogP contribution in [0.1, 0.15) is 83.1 Å². The maximum absolute atomic E-state index is 12.6. The van der Waals surface area contributed by atoms with Crippen molar-refractivity contribution in [2.45, 2.75) is 84.0 Å². The van der Waals surface area contributed by atoms with Crippen LogP contribution in [0.2, 0.25) is 5.02 Å². The fourth-order valence-corrected chi connectivity index (χ4v) is 6.00. The smallest absolute Gasteiger partial charge is 0.306 e. The lowest BCUT2D eigenvalue weighted by atomic mass is 9.75. The van der Waals surface area contributed by atoms with Crippen molar-refractivity contribution in [1.82, 2.24) is 9.88 Å². The van der Waals surface area contributed by atoms with Crippen molar-refractivity contribution in [2.24, 2.45) is 17.8 Å². The van der Waals surface area contributed by atoms with Crippen LogP contribution in [0, 0.1) is 17.8 Å². The third-order valence-electron chi connectivity index (χ3n) is 8.09. The second kappa shape index (κ2) is 13.7. The molecule has 2 fully saturated rings. The summed E-state index contributed by atoms with van der Waals surface area (Å²) >= 11 is 6.11. The van der Waals surface area contributed by atoms with Gasteiger partial charge in [-0.15, -0.1) is 0 Å². The highest BCUT2D eigenvalue weighted by atomic mass is 35.5. The van der Waals surface area contributed by atoms with E-state index in [0.29, 0.717) is 29.2 Å². The Morgan fingerprint density at radius 1 is 1.08 bits per heavy atom. The topological polar surface area (TPSA) is 51.7 Å². The van der Waals surface area contributed by atoms with Crippen molar-refractivity contribution in [3.8, 4) is 0 Å². The number of carbonyl (C=O) groups excluding carboxylic acids is 1. The first kappa shape index (κ1) is 28.1. The van der Waals surface area contributed by atoms with Gasteiger partial charge in [0, 0.05) is 30.7 Å². The highest BCUT2D eigenvalue weighted by Crippen LogP contribution is 2.35. The molecule has 2 aliphatic rings. The van der Waals surface area contributed by atoms with Crippen LogP contribution in [0.25, 0.3) is 0 Å². The Morgan fingerprint density at radius 2 is 1.84 bits per heavy atom. The van der Waals surface area contributed by atoms with Crippen LogP contribution in [0.15, 0.2) is 48.7 Å². The van der Waals surface area contributed by atoms with Gasteiger partial charge in [0.25, 0.3) is 0 Å². The first-order chi connectivity index (χ1) is 17.9. The molecule has 1 saturated heterocycles. The third kappa shape index (κ3) is 8.27. The van der Waals surface area contributed by atoms with Gasteiger partial charge in [-0.3, -0.25) is 9.78 Å². The summed E-state index contributed by atoms with van der Waals surface area (Å²) < 4.78 is 12.6. The minimum atomic E-state index is -0.207. The summed E-state index contributed by atoms with van der Waals surface area (Å²) in [5, 5.41) is 0.716. The first-order valence-corrected chi connectivity index (χ1v) is 14.5. The van der Waals surface area contributed by atoms with E-state index in [1.807, 2.05) is 48.7 Å². The number of ether oxygens (including phenoxy) is 2. The maximum Gasteiger partial charge on any atom is 0.306 e. The largest absolute Gasteiger partial charge is 0.462 e. The summed E-state index contributed by atoms with van der Waals surface area (Å²) in [6.07, 6.45) is 8.60. The van der Waals surface area contributed by atoms with Crippen LogP contribution in [-0.4, -0.2) is 47.7 Å². The van der Waals surface area contributed by atoms with Crippen molar-refractivity contribution in [3.63, 3.8) is 0 Å².